The zero-order valence-electron chi connectivity index (χ0n) is 10.4. The lowest BCUT2D eigenvalue weighted by Gasteiger charge is -2.25. The quantitative estimate of drug-likeness (QED) is 0.340. The molecule has 1 aliphatic rings. The molecule has 1 fully saturated rings. The largest absolute Gasteiger partial charge is 0.353 e. The van der Waals surface area contributed by atoms with Gasteiger partial charge in [-0.25, -0.2) is 4.99 Å². The van der Waals surface area contributed by atoms with E-state index in [4.69, 9.17) is 35.7 Å². The van der Waals surface area contributed by atoms with E-state index in [0.717, 1.165) is 25.7 Å². The Hall–Kier alpha value is -0.390. The minimum Gasteiger partial charge on any atom is -0.353 e. The van der Waals surface area contributed by atoms with Crippen molar-refractivity contribution in [3.05, 3.63) is 0 Å². The first-order chi connectivity index (χ1) is 8.45. The molecule has 0 bridgehead atoms. The number of amidine groups is 1. The molecule has 18 heavy (non-hydrogen) atoms. The molecule has 0 spiro atoms. The van der Waals surface area contributed by atoms with Gasteiger partial charge < -0.3 is 9.19 Å². The first kappa shape index (κ1) is 15.7. The molecule has 4 nitrogen and oxygen atoms in total. The van der Waals surface area contributed by atoms with Crippen LogP contribution < -0.4 is 0 Å². The van der Waals surface area contributed by atoms with E-state index < -0.39 is 0 Å². The van der Waals surface area contributed by atoms with E-state index in [9.17, 15) is 4.79 Å². The average molecular weight is 311 g/mol. The maximum absolute atomic E-state index is 11.3. The van der Waals surface area contributed by atoms with Gasteiger partial charge in [-0.1, -0.05) is 12.2 Å². The number of halogens is 2. The zero-order chi connectivity index (χ0) is 13.7. The molecule has 0 atom stereocenters. The summed E-state index contributed by atoms with van der Waals surface area (Å²) in [6.45, 7) is 0. The normalized spacial score (nSPS) is 24.6. The van der Waals surface area contributed by atoms with Crippen LogP contribution in [0, 0.1) is 11.8 Å². The van der Waals surface area contributed by atoms with Crippen LogP contribution in [0.1, 0.15) is 25.7 Å². The Morgan fingerprint density at radius 1 is 1.28 bits per heavy atom. The smallest absolute Gasteiger partial charge is 0.327 e. The molecule has 102 valence electrons. The fourth-order valence-electron chi connectivity index (χ4n) is 1.92. The molecule has 0 aromatic carbocycles. The van der Waals surface area contributed by atoms with Crippen molar-refractivity contribution in [2.45, 2.75) is 25.7 Å². The van der Waals surface area contributed by atoms with E-state index in [1.54, 1.807) is 4.90 Å². The molecule has 1 saturated carbocycles. The van der Waals surface area contributed by atoms with Crippen LogP contribution in [0.4, 0.5) is 0 Å². The van der Waals surface area contributed by atoms with Crippen LogP contribution in [0.25, 0.3) is 0 Å². The summed E-state index contributed by atoms with van der Waals surface area (Å²) in [5.41, 5.74) is 0. The maximum Gasteiger partial charge on any atom is 0.327 e. The van der Waals surface area contributed by atoms with Crippen molar-refractivity contribution in [1.29, 1.82) is 0 Å². The third kappa shape index (κ3) is 4.37. The molecule has 0 amide bonds. The molecule has 0 heterocycles. The molecule has 0 aliphatic heterocycles. The van der Waals surface area contributed by atoms with Crippen LogP contribution in [0.5, 0.6) is 0 Å². The Morgan fingerprint density at radius 3 is 2.22 bits per heavy atom. The van der Waals surface area contributed by atoms with Gasteiger partial charge in [0.25, 0.3) is 0 Å². The Morgan fingerprint density at radius 2 is 1.78 bits per heavy atom. The standard InChI is InChI=1S/C11H16Cl2N2O2S/c1-15(2)11(12)14-9(18)7-3-5-8(6-4-7)10(16)17-13/h7-8H,3-6H2,1-2H3. The van der Waals surface area contributed by atoms with Gasteiger partial charge in [-0.05, 0) is 37.3 Å². The highest BCUT2D eigenvalue weighted by Crippen LogP contribution is 2.31. The molecule has 0 radical (unpaired) electrons. The number of carbonyl (C=O) groups is 1. The second-order valence-corrected chi connectivity index (χ2v) is 5.47. The van der Waals surface area contributed by atoms with Gasteiger partial charge in [0.1, 0.15) is 16.9 Å². The minimum atomic E-state index is -0.351. The molecular formula is C11H16Cl2N2O2S. The third-order valence-corrected chi connectivity index (χ3v) is 4.06. The summed E-state index contributed by atoms with van der Waals surface area (Å²) < 4.78 is 4.23. The molecule has 0 unspecified atom stereocenters. The number of carbonyl (C=O) groups excluding carboxylic acids is 1. The van der Waals surface area contributed by atoms with Gasteiger partial charge in [0, 0.05) is 20.0 Å². The lowest BCUT2D eigenvalue weighted by Crippen LogP contribution is -2.26. The van der Waals surface area contributed by atoms with E-state index in [0.29, 0.717) is 10.3 Å². The van der Waals surface area contributed by atoms with E-state index in [1.165, 1.54) is 0 Å². The maximum atomic E-state index is 11.3. The lowest BCUT2D eigenvalue weighted by atomic mass is 9.82. The number of rotatable bonds is 2. The van der Waals surface area contributed by atoms with Crippen molar-refractivity contribution >= 4 is 51.9 Å². The summed E-state index contributed by atoms with van der Waals surface area (Å²) in [7, 11) is 3.61. The second kappa shape index (κ2) is 7.26. The predicted molar refractivity (Wildman–Crippen MR) is 77.0 cm³/mol. The Bertz CT molecular complexity index is 353. The summed E-state index contributed by atoms with van der Waals surface area (Å²) >= 11 is 16.3. The van der Waals surface area contributed by atoms with Gasteiger partial charge in [-0.3, -0.25) is 4.79 Å². The van der Waals surface area contributed by atoms with Crippen molar-refractivity contribution in [3.63, 3.8) is 0 Å². The molecule has 0 aromatic heterocycles. The van der Waals surface area contributed by atoms with Crippen LogP contribution in [0.2, 0.25) is 0 Å². The highest BCUT2D eigenvalue weighted by molar-refractivity contribution is 7.80. The van der Waals surface area contributed by atoms with Crippen molar-refractivity contribution in [2.24, 2.45) is 16.8 Å². The first-order valence-corrected chi connectivity index (χ1v) is 6.83. The van der Waals surface area contributed by atoms with Gasteiger partial charge in [0.05, 0.1) is 5.92 Å². The van der Waals surface area contributed by atoms with E-state index in [-0.39, 0.29) is 17.8 Å². The van der Waals surface area contributed by atoms with Crippen molar-refractivity contribution in [1.82, 2.24) is 4.90 Å². The Labute approximate surface area is 122 Å². The summed E-state index contributed by atoms with van der Waals surface area (Å²) in [6, 6.07) is 0. The van der Waals surface area contributed by atoms with Crippen molar-refractivity contribution < 1.29 is 9.08 Å². The molecule has 1 aliphatic carbocycles. The summed E-state index contributed by atoms with van der Waals surface area (Å²) in [5, 5.41) is 0.377. The van der Waals surface area contributed by atoms with Crippen molar-refractivity contribution in [2.75, 3.05) is 14.1 Å². The van der Waals surface area contributed by atoms with Gasteiger partial charge in [0.2, 0.25) is 0 Å². The van der Waals surface area contributed by atoms with E-state index >= 15 is 0 Å². The Kier molecular flexibility index (Phi) is 6.32. The summed E-state index contributed by atoms with van der Waals surface area (Å²) in [6.07, 6.45) is 3.09. The molecular weight excluding hydrogens is 295 g/mol. The SMILES string of the molecule is CN(C)C(Cl)=NC(=S)C1CCC(C(=O)OCl)CC1. The highest BCUT2D eigenvalue weighted by Gasteiger charge is 2.29. The zero-order valence-corrected chi connectivity index (χ0v) is 12.7. The number of hydrogen-bond acceptors (Lipinski definition) is 3. The van der Waals surface area contributed by atoms with E-state index in [2.05, 4.69) is 9.28 Å². The van der Waals surface area contributed by atoms with E-state index in [1.807, 2.05) is 14.1 Å². The van der Waals surface area contributed by atoms with Crippen LogP contribution in [-0.2, 0) is 9.08 Å². The van der Waals surface area contributed by atoms with Crippen molar-refractivity contribution in [3.8, 4) is 0 Å². The first-order valence-electron chi connectivity index (χ1n) is 5.73. The molecule has 0 N–H and O–H groups in total. The molecule has 1 rings (SSSR count). The average Bonchev–Trinajstić information content (AvgIpc) is 2.37. The molecule has 7 heteroatoms. The minimum absolute atomic E-state index is 0.116. The van der Waals surface area contributed by atoms with Crippen LogP contribution in [0.15, 0.2) is 4.99 Å². The number of aliphatic imine (C=N–C) groups is 1. The summed E-state index contributed by atoms with van der Waals surface area (Å²) in [4.78, 5) is 17.8. The van der Waals surface area contributed by atoms with Crippen LogP contribution >= 0.6 is 35.7 Å². The number of nitrogens with zero attached hydrogens (tertiary/aromatic N) is 2. The predicted octanol–water partition coefficient (Wildman–Crippen LogP) is 2.97. The molecule has 0 aromatic rings. The molecule has 0 saturated heterocycles. The number of hydrogen-bond donors (Lipinski definition) is 0. The van der Waals surface area contributed by atoms with Gasteiger partial charge >= 0.3 is 5.97 Å². The monoisotopic (exact) mass is 310 g/mol. The number of thiocarbonyl (C=S) groups is 1. The van der Waals surface area contributed by atoms with Gasteiger partial charge in [0.15, 0.2) is 5.29 Å². The fraction of sp³-hybridized carbons (Fsp3) is 0.727. The topological polar surface area (TPSA) is 41.9 Å². The van der Waals surface area contributed by atoms with Gasteiger partial charge in [-0.2, -0.15) is 0 Å². The summed E-state index contributed by atoms with van der Waals surface area (Å²) in [5.74, 6) is -0.265. The van der Waals surface area contributed by atoms with Crippen LogP contribution in [0.3, 0.4) is 0 Å². The third-order valence-electron chi connectivity index (χ3n) is 3.06. The van der Waals surface area contributed by atoms with Crippen LogP contribution in [-0.4, -0.2) is 35.2 Å². The Balaban J connectivity index is 2.51. The fourth-order valence-corrected chi connectivity index (χ4v) is 2.51. The highest BCUT2D eigenvalue weighted by atomic mass is 35.5. The second-order valence-electron chi connectivity index (χ2n) is 4.56. The van der Waals surface area contributed by atoms with Gasteiger partial charge in [-0.15, -0.1) is 0 Å². The lowest BCUT2D eigenvalue weighted by molar-refractivity contribution is -0.139.